The molecule has 1 aromatic carbocycles. The van der Waals surface area contributed by atoms with Crippen LogP contribution in [-0.2, 0) is 9.59 Å². The molecule has 2 rings (SSSR count). The lowest BCUT2D eigenvalue weighted by Gasteiger charge is -2.36. The number of hydroxylamine groups is 1. The third kappa shape index (κ3) is 6.35. The zero-order valence-electron chi connectivity index (χ0n) is 16.9. The van der Waals surface area contributed by atoms with E-state index in [0.717, 1.165) is 18.7 Å². The van der Waals surface area contributed by atoms with Crippen LogP contribution in [0.15, 0.2) is 36.0 Å². The van der Waals surface area contributed by atoms with Gasteiger partial charge in [-0.2, -0.15) is 0 Å². The number of benzene rings is 1. The Morgan fingerprint density at radius 1 is 1.16 bits per heavy atom. The maximum Gasteiger partial charge on any atom is 0.268 e. The molecule has 2 aromatic rings. The van der Waals surface area contributed by atoms with Gasteiger partial charge >= 0.3 is 0 Å². The predicted molar refractivity (Wildman–Crippen MR) is 112 cm³/mol. The van der Waals surface area contributed by atoms with Crippen molar-refractivity contribution >= 4 is 29.1 Å². The normalized spacial score (nSPS) is 12.8. The van der Waals surface area contributed by atoms with Crippen LogP contribution < -0.4 is 16.1 Å². The molecular weight excluding hydrogens is 442 g/mol. The summed E-state index contributed by atoms with van der Waals surface area (Å²) in [5.41, 5.74) is 0.989. The monoisotopic (exact) mass is 460 g/mol. The van der Waals surface area contributed by atoms with Gasteiger partial charge in [-0.05, 0) is 49.0 Å². The van der Waals surface area contributed by atoms with Crippen LogP contribution in [0.2, 0.25) is 0 Å². The minimum absolute atomic E-state index is 0.0430. The van der Waals surface area contributed by atoms with Crippen LogP contribution in [0.3, 0.4) is 0 Å². The summed E-state index contributed by atoms with van der Waals surface area (Å²) in [5, 5.41) is 13.0. The third-order valence-electron chi connectivity index (χ3n) is 4.18. The van der Waals surface area contributed by atoms with E-state index in [4.69, 9.17) is 5.21 Å². The molecule has 2 unspecified atom stereocenters. The Labute approximate surface area is 186 Å². The standard InChI is InChI=1S/C21H18F2N4O4S/c1-13(28)26-21(2,20(22)23)17(19(30)27-31)25-18(29)15-9-7-14(8-10-15)5-3-4-6-16-11-24-12-32-16/h7-12,17,20,31H,1-2H3,(H,25,29)(H,26,28)(H,27,30). The molecule has 0 fully saturated rings. The summed E-state index contributed by atoms with van der Waals surface area (Å²) in [5.74, 6) is 7.88. The quantitative estimate of drug-likeness (QED) is 0.294. The molecule has 0 aliphatic rings. The Hall–Kier alpha value is -3.80. The van der Waals surface area contributed by atoms with Gasteiger partial charge in [0, 0.05) is 18.1 Å². The van der Waals surface area contributed by atoms with Crippen LogP contribution in [0.5, 0.6) is 0 Å². The number of nitrogens with zero attached hydrogens (tertiary/aromatic N) is 1. The molecule has 0 aliphatic heterocycles. The average molecular weight is 460 g/mol. The van der Waals surface area contributed by atoms with Crippen LogP contribution >= 0.6 is 11.3 Å². The maximum atomic E-state index is 13.7. The van der Waals surface area contributed by atoms with E-state index in [2.05, 4.69) is 34.0 Å². The smallest absolute Gasteiger partial charge is 0.268 e. The van der Waals surface area contributed by atoms with Gasteiger partial charge in [0.2, 0.25) is 5.91 Å². The largest absolute Gasteiger partial charge is 0.343 e. The molecule has 0 radical (unpaired) electrons. The minimum Gasteiger partial charge on any atom is -0.343 e. The van der Waals surface area contributed by atoms with Gasteiger partial charge in [-0.3, -0.25) is 24.6 Å². The summed E-state index contributed by atoms with van der Waals surface area (Å²) in [6.07, 6.45) is -1.63. The molecule has 1 aromatic heterocycles. The molecular formula is C21H18F2N4O4S. The van der Waals surface area contributed by atoms with Gasteiger partial charge in [-0.15, -0.1) is 11.3 Å². The van der Waals surface area contributed by atoms with Gasteiger partial charge in [0.05, 0.1) is 16.6 Å². The predicted octanol–water partition coefficient (Wildman–Crippen LogP) is 1.31. The molecule has 3 amide bonds. The molecule has 0 spiro atoms. The first-order valence-corrected chi connectivity index (χ1v) is 9.87. The first-order valence-electron chi connectivity index (χ1n) is 8.99. The van der Waals surface area contributed by atoms with Crippen molar-refractivity contribution in [1.29, 1.82) is 0 Å². The second kappa shape index (κ2) is 11.0. The Morgan fingerprint density at radius 2 is 1.81 bits per heavy atom. The molecule has 166 valence electrons. The summed E-state index contributed by atoms with van der Waals surface area (Å²) in [7, 11) is 0. The fourth-order valence-corrected chi connectivity index (χ4v) is 3.04. The molecule has 11 heteroatoms. The van der Waals surface area contributed by atoms with Crippen LogP contribution in [0.4, 0.5) is 8.78 Å². The van der Waals surface area contributed by atoms with E-state index in [1.54, 1.807) is 11.7 Å². The number of halogens is 2. The highest BCUT2D eigenvalue weighted by atomic mass is 32.1. The molecule has 0 saturated heterocycles. The van der Waals surface area contributed by atoms with Crippen molar-refractivity contribution in [3.63, 3.8) is 0 Å². The summed E-state index contributed by atoms with van der Waals surface area (Å²) in [6.45, 7) is 1.86. The van der Waals surface area contributed by atoms with Crippen molar-refractivity contribution in [2.45, 2.75) is 31.9 Å². The molecule has 4 N–H and O–H groups in total. The van der Waals surface area contributed by atoms with E-state index in [0.29, 0.717) is 5.56 Å². The second-order valence-corrected chi connectivity index (χ2v) is 7.48. The molecule has 32 heavy (non-hydrogen) atoms. The van der Waals surface area contributed by atoms with Crippen molar-refractivity contribution in [2.75, 3.05) is 0 Å². The topological polar surface area (TPSA) is 120 Å². The number of nitrogens with one attached hydrogen (secondary N) is 3. The highest BCUT2D eigenvalue weighted by Gasteiger charge is 2.48. The van der Waals surface area contributed by atoms with Gasteiger partial charge in [-0.1, -0.05) is 5.92 Å². The Bertz CT molecular complexity index is 1100. The number of thiazole rings is 1. The summed E-state index contributed by atoms with van der Waals surface area (Å²) in [4.78, 5) is 40.6. The second-order valence-electron chi connectivity index (χ2n) is 6.59. The Morgan fingerprint density at radius 3 is 2.34 bits per heavy atom. The number of alkyl halides is 2. The third-order valence-corrected chi connectivity index (χ3v) is 4.87. The molecule has 0 bridgehead atoms. The molecule has 2 atom stereocenters. The van der Waals surface area contributed by atoms with Crippen LogP contribution in [0, 0.1) is 23.7 Å². The lowest BCUT2D eigenvalue weighted by Crippen LogP contribution is -2.68. The summed E-state index contributed by atoms with van der Waals surface area (Å²) >= 11 is 1.38. The van der Waals surface area contributed by atoms with Crippen molar-refractivity contribution in [1.82, 2.24) is 21.1 Å². The molecule has 0 saturated carbocycles. The van der Waals surface area contributed by atoms with E-state index in [1.165, 1.54) is 41.1 Å². The van der Waals surface area contributed by atoms with Gasteiger partial charge in [0.15, 0.2) is 0 Å². The minimum atomic E-state index is -3.24. The Kier molecular flexibility index (Phi) is 8.41. The molecule has 8 nitrogen and oxygen atoms in total. The van der Waals surface area contributed by atoms with Gasteiger partial charge in [-0.25, -0.2) is 14.3 Å². The van der Waals surface area contributed by atoms with Crippen molar-refractivity contribution in [3.8, 4) is 23.7 Å². The SMILES string of the molecule is CC(=O)NC(C)(C(F)F)C(NC(=O)c1ccc(C#CC#Cc2cncs2)cc1)C(=O)NO. The summed E-state index contributed by atoms with van der Waals surface area (Å²) in [6, 6.07) is 3.81. The van der Waals surface area contributed by atoms with Crippen molar-refractivity contribution < 1.29 is 28.4 Å². The first kappa shape index (κ1) is 24.5. The lowest BCUT2D eigenvalue weighted by atomic mass is 9.91. The van der Waals surface area contributed by atoms with E-state index >= 15 is 0 Å². The van der Waals surface area contributed by atoms with E-state index in [1.807, 2.05) is 5.32 Å². The highest BCUT2D eigenvalue weighted by Crippen LogP contribution is 2.21. The zero-order chi connectivity index (χ0) is 23.7. The molecule has 1 heterocycles. The summed E-state index contributed by atoms with van der Waals surface area (Å²) < 4.78 is 27.4. The maximum absolute atomic E-state index is 13.7. The van der Waals surface area contributed by atoms with Crippen LogP contribution in [-0.4, -0.2) is 45.9 Å². The number of carbonyl (C=O) groups is 3. The zero-order valence-corrected chi connectivity index (χ0v) is 17.7. The van der Waals surface area contributed by atoms with E-state index < -0.39 is 35.7 Å². The van der Waals surface area contributed by atoms with Crippen LogP contribution in [0.1, 0.15) is 34.6 Å². The Balaban J connectivity index is 2.18. The van der Waals surface area contributed by atoms with Crippen LogP contribution in [0.25, 0.3) is 0 Å². The average Bonchev–Trinajstić information content (AvgIpc) is 3.27. The van der Waals surface area contributed by atoms with Crippen molar-refractivity contribution in [2.24, 2.45) is 0 Å². The number of amides is 3. The first-order chi connectivity index (χ1) is 15.2. The van der Waals surface area contributed by atoms with Crippen molar-refractivity contribution in [3.05, 3.63) is 52.0 Å². The van der Waals surface area contributed by atoms with E-state index in [9.17, 15) is 23.2 Å². The fraction of sp³-hybridized carbons (Fsp3) is 0.238. The number of carbonyl (C=O) groups excluding carboxylic acids is 3. The number of rotatable bonds is 6. The number of hydrogen-bond acceptors (Lipinski definition) is 6. The van der Waals surface area contributed by atoms with Gasteiger partial charge in [0.25, 0.3) is 18.2 Å². The molecule has 0 aliphatic carbocycles. The number of aromatic nitrogens is 1. The van der Waals surface area contributed by atoms with E-state index in [-0.39, 0.29) is 5.56 Å². The van der Waals surface area contributed by atoms with Gasteiger partial charge in [0.1, 0.15) is 11.6 Å². The van der Waals surface area contributed by atoms with Gasteiger partial charge < -0.3 is 10.6 Å². The highest BCUT2D eigenvalue weighted by molar-refractivity contribution is 7.10. The fourth-order valence-electron chi connectivity index (χ4n) is 2.58. The number of hydrogen-bond donors (Lipinski definition) is 4. The lowest BCUT2D eigenvalue weighted by molar-refractivity contribution is -0.137.